The first-order valence-corrected chi connectivity index (χ1v) is 5.13. The number of nitrogens with two attached hydrogens (primary N) is 1. The minimum absolute atomic E-state index is 0.0328. The highest BCUT2D eigenvalue weighted by molar-refractivity contribution is 5.44. The van der Waals surface area contributed by atoms with Crippen LogP contribution in [0.15, 0.2) is 29.4 Å². The van der Waals surface area contributed by atoms with Gasteiger partial charge in [0, 0.05) is 22.1 Å². The Bertz CT molecular complexity index is 422. The number of nitrogens with zero attached hydrogens (tertiary/aromatic N) is 3. The Hall–Kier alpha value is -1.51. The lowest BCUT2D eigenvalue weighted by Crippen LogP contribution is -2.22. The molecule has 2 rings (SSSR count). The van der Waals surface area contributed by atoms with Crippen LogP contribution in [0.3, 0.4) is 0 Å². The molecule has 0 amide bonds. The summed E-state index contributed by atoms with van der Waals surface area (Å²) in [6.45, 7) is 2.11. The third-order valence-corrected chi connectivity index (χ3v) is 3.21. The Morgan fingerprint density at radius 2 is 2.47 bits per heavy atom. The van der Waals surface area contributed by atoms with E-state index < -0.39 is 0 Å². The van der Waals surface area contributed by atoms with E-state index in [-0.39, 0.29) is 5.54 Å². The fraction of sp³-hybridized carbons (Fsp3) is 0.455. The van der Waals surface area contributed by atoms with Gasteiger partial charge < -0.3 is 5.73 Å². The summed E-state index contributed by atoms with van der Waals surface area (Å²) in [5.41, 5.74) is 16.3. The first-order valence-electron chi connectivity index (χ1n) is 5.13. The summed E-state index contributed by atoms with van der Waals surface area (Å²) >= 11 is 0. The van der Waals surface area contributed by atoms with Crippen LogP contribution in [-0.2, 0) is 0 Å². The van der Waals surface area contributed by atoms with Crippen molar-refractivity contribution in [2.45, 2.75) is 31.2 Å². The molecule has 1 aromatic carbocycles. The molecule has 0 saturated heterocycles. The van der Waals surface area contributed by atoms with Gasteiger partial charge in [-0.1, -0.05) is 30.2 Å². The Balaban J connectivity index is 2.24. The zero-order valence-electron chi connectivity index (χ0n) is 8.72. The molecule has 1 aliphatic carbocycles. The third-order valence-electron chi connectivity index (χ3n) is 3.21. The van der Waals surface area contributed by atoms with E-state index in [9.17, 15) is 0 Å². The predicted octanol–water partition coefficient (Wildman–Crippen LogP) is 3.22. The highest BCUT2D eigenvalue weighted by atomic mass is 15.1. The van der Waals surface area contributed by atoms with E-state index in [1.807, 2.05) is 18.2 Å². The second-order valence-corrected chi connectivity index (χ2v) is 4.13. The molecule has 4 nitrogen and oxygen atoms in total. The number of hydrogen-bond donors (Lipinski definition) is 1. The monoisotopic (exact) mass is 202 g/mol. The van der Waals surface area contributed by atoms with Crippen molar-refractivity contribution in [1.29, 1.82) is 0 Å². The van der Waals surface area contributed by atoms with Crippen molar-refractivity contribution in [2.24, 2.45) is 10.8 Å². The topological polar surface area (TPSA) is 74.8 Å². The zero-order chi connectivity index (χ0) is 10.9. The van der Waals surface area contributed by atoms with Gasteiger partial charge in [0.2, 0.25) is 0 Å². The van der Waals surface area contributed by atoms with Crippen LogP contribution in [0, 0.1) is 0 Å². The molecule has 1 aliphatic rings. The molecule has 2 N–H and O–H groups in total. The number of benzene rings is 1. The van der Waals surface area contributed by atoms with E-state index in [1.165, 1.54) is 5.56 Å². The smallest absolute Gasteiger partial charge is 0.0378 e. The van der Waals surface area contributed by atoms with Crippen LogP contribution in [0.25, 0.3) is 10.4 Å². The maximum absolute atomic E-state index is 8.35. The Kier molecular flexibility index (Phi) is 2.39. The summed E-state index contributed by atoms with van der Waals surface area (Å²) in [7, 11) is 0. The van der Waals surface area contributed by atoms with Crippen LogP contribution in [0.2, 0.25) is 0 Å². The van der Waals surface area contributed by atoms with Gasteiger partial charge in [0.1, 0.15) is 0 Å². The molecule has 0 aromatic heterocycles. The van der Waals surface area contributed by atoms with Crippen molar-refractivity contribution in [3.05, 3.63) is 40.3 Å². The quantitative estimate of drug-likeness (QED) is 0.456. The molecule has 0 aliphatic heterocycles. The van der Waals surface area contributed by atoms with Crippen LogP contribution < -0.4 is 5.73 Å². The van der Waals surface area contributed by atoms with E-state index in [1.54, 1.807) is 6.07 Å². The first-order chi connectivity index (χ1) is 7.19. The van der Waals surface area contributed by atoms with Crippen molar-refractivity contribution >= 4 is 5.69 Å². The average molecular weight is 202 g/mol. The summed E-state index contributed by atoms with van der Waals surface area (Å²) < 4.78 is 0. The second-order valence-electron chi connectivity index (χ2n) is 4.13. The lowest BCUT2D eigenvalue weighted by Gasteiger charge is -2.07. The van der Waals surface area contributed by atoms with Crippen LogP contribution >= 0.6 is 0 Å². The van der Waals surface area contributed by atoms with Crippen molar-refractivity contribution in [3.63, 3.8) is 0 Å². The second kappa shape index (κ2) is 3.57. The van der Waals surface area contributed by atoms with E-state index in [2.05, 4.69) is 16.9 Å². The molecule has 0 radical (unpaired) electrons. The van der Waals surface area contributed by atoms with E-state index >= 15 is 0 Å². The molecule has 0 heterocycles. The van der Waals surface area contributed by atoms with Crippen molar-refractivity contribution in [2.75, 3.05) is 0 Å². The van der Waals surface area contributed by atoms with Gasteiger partial charge in [-0.2, -0.15) is 0 Å². The molecule has 1 aromatic rings. The highest BCUT2D eigenvalue weighted by Gasteiger charge is 2.49. The van der Waals surface area contributed by atoms with Gasteiger partial charge in [-0.05, 0) is 30.0 Å². The summed E-state index contributed by atoms with van der Waals surface area (Å²) in [6, 6.07) is 7.68. The molecule has 4 heteroatoms. The Morgan fingerprint density at radius 1 is 1.67 bits per heavy atom. The maximum atomic E-state index is 8.35. The molecular formula is C11H14N4. The molecular weight excluding hydrogens is 188 g/mol. The fourth-order valence-corrected chi connectivity index (χ4v) is 2.02. The molecule has 0 bridgehead atoms. The summed E-state index contributed by atoms with van der Waals surface area (Å²) in [4.78, 5) is 2.78. The average Bonchev–Trinajstić information content (AvgIpc) is 2.93. The number of azide groups is 1. The van der Waals surface area contributed by atoms with Crippen molar-refractivity contribution < 1.29 is 0 Å². The lowest BCUT2D eigenvalue weighted by atomic mass is 10.0. The fourth-order valence-electron chi connectivity index (χ4n) is 2.02. The van der Waals surface area contributed by atoms with Crippen LogP contribution in [0.1, 0.15) is 31.2 Å². The Labute approximate surface area is 88.7 Å². The largest absolute Gasteiger partial charge is 0.325 e. The molecule has 2 atom stereocenters. The van der Waals surface area contributed by atoms with Gasteiger partial charge >= 0.3 is 0 Å². The van der Waals surface area contributed by atoms with Crippen LogP contribution in [-0.4, -0.2) is 5.54 Å². The van der Waals surface area contributed by atoms with Gasteiger partial charge in [-0.25, -0.2) is 0 Å². The minimum atomic E-state index is -0.0328. The standard InChI is InChI=1S/C11H14N4/c1-2-11(12)7-10(11)8-4-3-5-9(6-8)14-15-13/h3-6,10H,2,7,12H2,1H3/t10-,11-/m1/s1. The van der Waals surface area contributed by atoms with E-state index in [0.717, 1.165) is 12.8 Å². The van der Waals surface area contributed by atoms with Gasteiger partial charge in [0.05, 0.1) is 0 Å². The SMILES string of the molecule is CC[C@@]1(N)C[C@@H]1c1cccc(N=[N+]=[N-])c1. The van der Waals surface area contributed by atoms with Crippen LogP contribution in [0.5, 0.6) is 0 Å². The van der Waals surface area contributed by atoms with E-state index in [0.29, 0.717) is 11.6 Å². The summed E-state index contributed by atoms with van der Waals surface area (Å²) in [5.74, 6) is 0.427. The lowest BCUT2D eigenvalue weighted by molar-refractivity contribution is 0.626. The van der Waals surface area contributed by atoms with Gasteiger partial charge in [-0.15, -0.1) is 0 Å². The summed E-state index contributed by atoms with van der Waals surface area (Å²) in [6.07, 6.45) is 2.02. The maximum Gasteiger partial charge on any atom is 0.0378 e. The zero-order valence-corrected chi connectivity index (χ0v) is 8.72. The molecule has 1 saturated carbocycles. The van der Waals surface area contributed by atoms with Crippen molar-refractivity contribution in [3.8, 4) is 0 Å². The minimum Gasteiger partial charge on any atom is -0.325 e. The molecule has 15 heavy (non-hydrogen) atoms. The first kappa shape index (κ1) is 10.0. The van der Waals surface area contributed by atoms with Gasteiger partial charge in [0.25, 0.3) is 0 Å². The third kappa shape index (κ3) is 1.82. The van der Waals surface area contributed by atoms with E-state index in [4.69, 9.17) is 11.3 Å². The van der Waals surface area contributed by atoms with Gasteiger partial charge in [-0.3, -0.25) is 0 Å². The molecule has 78 valence electrons. The molecule has 1 fully saturated rings. The van der Waals surface area contributed by atoms with Crippen LogP contribution in [0.4, 0.5) is 5.69 Å². The number of rotatable bonds is 3. The molecule has 0 spiro atoms. The molecule has 0 unspecified atom stereocenters. The number of hydrogen-bond acceptors (Lipinski definition) is 2. The summed E-state index contributed by atoms with van der Waals surface area (Å²) in [5, 5.41) is 3.59. The predicted molar refractivity (Wildman–Crippen MR) is 59.8 cm³/mol. The Morgan fingerprint density at radius 3 is 3.07 bits per heavy atom. The normalized spacial score (nSPS) is 28.3. The van der Waals surface area contributed by atoms with Crippen molar-refractivity contribution in [1.82, 2.24) is 0 Å². The van der Waals surface area contributed by atoms with Gasteiger partial charge in [0.15, 0.2) is 0 Å². The highest BCUT2D eigenvalue weighted by Crippen LogP contribution is 2.51.